The van der Waals surface area contributed by atoms with Crippen molar-refractivity contribution in [1.82, 2.24) is 20.2 Å². The second kappa shape index (κ2) is 5.73. The lowest BCUT2D eigenvalue weighted by molar-refractivity contribution is 0.716. The Morgan fingerprint density at radius 1 is 1.05 bits per heavy atom. The zero-order valence-corrected chi connectivity index (χ0v) is 12.7. The van der Waals surface area contributed by atoms with Crippen LogP contribution in [0.5, 0.6) is 0 Å². The molecule has 1 aromatic heterocycles. The first-order valence-corrected chi connectivity index (χ1v) is 7.48. The van der Waals surface area contributed by atoms with E-state index in [1.807, 2.05) is 48.5 Å². The van der Waals surface area contributed by atoms with E-state index >= 15 is 0 Å². The van der Waals surface area contributed by atoms with Gasteiger partial charge in [-0.25, -0.2) is 0 Å². The molecule has 3 rings (SSSR count). The van der Waals surface area contributed by atoms with Gasteiger partial charge in [-0.1, -0.05) is 70.0 Å². The van der Waals surface area contributed by atoms with Gasteiger partial charge in [-0.05, 0) is 16.8 Å². The van der Waals surface area contributed by atoms with Crippen molar-refractivity contribution in [2.24, 2.45) is 0 Å². The number of aromatic nitrogens is 4. The van der Waals surface area contributed by atoms with Crippen LogP contribution in [0.4, 0.5) is 0 Å². The summed E-state index contributed by atoms with van der Waals surface area (Å²) >= 11 is 9.69. The second-order valence-corrected chi connectivity index (χ2v) is 5.12. The van der Waals surface area contributed by atoms with Gasteiger partial charge in [0.1, 0.15) is 5.69 Å². The van der Waals surface area contributed by atoms with E-state index in [9.17, 15) is 0 Å². The molecule has 3 aromatic rings. The van der Waals surface area contributed by atoms with E-state index in [4.69, 9.17) is 11.6 Å². The summed E-state index contributed by atoms with van der Waals surface area (Å²) in [7, 11) is 0. The second-order valence-electron chi connectivity index (χ2n) is 4.15. The van der Waals surface area contributed by atoms with Crippen LogP contribution in [0, 0.1) is 0 Å². The molecule has 0 aliphatic heterocycles. The minimum absolute atomic E-state index is 0.575. The van der Waals surface area contributed by atoms with Crippen molar-refractivity contribution in [2.75, 3.05) is 0 Å². The molecule has 6 heteroatoms. The topological polar surface area (TPSA) is 43.6 Å². The summed E-state index contributed by atoms with van der Waals surface area (Å²) in [5.41, 5.74) is 2.68. The predicted molar refractivity (Wildman–Crippen MR) is 82.2 cm³/mol. The molecule has 0 atom stereocenters. The molecule has 0 fully saturated rings. The predicted octanol–water partition coefficient (Wildman–Crippen LogP) is 3.88. The first kappa shape index (κ1) is 13.3. The molecule has 0 saturated heterocycles. The van der Waals surface area contributed by atoms with Crippen molar-refractivity contribution in [3.63, 3.8) is 0 Å². The zero-order chi connectivity index (χ0) is 13.9. The van der Waals surface area contributed by atoms with Gasteiger partial charge in [0.2, 0.25) is 5.82 Å². The first-order valence-electron chi connectivity index (χ1n) is 5.99. The molecule has 0 radical (unpaired) electrons. The van der Waals surface area contributed by atoms with Crippen LogP contribution in [-0.2, 0) is 5.33 Å². The van der Waals surface area contributed by atoms with Gasteiger partial charge in [-0.3, -0.25) is 0 Å². The molecular formula is C14H10BrClN4. The minimum Gasteiger partial charge on any atom is -0.129 e. The maximum absolute atomic E-state index is 6.25. The van der Waals surface area contributed by atoms with E-state index in [1.54, 1.807) is 0 Å². The summed E-state index contributed by atoms with van der Waals surface area (Å²) in [5, 5.41) is 13.9. The molecule has 0 aliphatic rings. The molecule has 2 aromatic carbocycles. The summed E-state index contributed by atoms with van der Waals surface area (Å²) < 4.78 is 0. The quantitative estimate of drug-likeness (QED) is 0.674. The van der Waals surface area contributed by atoms with Gasteiger partial charge in [0.25, 0.3) is 0 Å². The van der Waals surface area contributed by atoms with Gasteiger partial charge < -0.3 is 0 Å². The van der Waals surface area contributed by atoms with E-state index in [-0.39, 0.29) is 0 Å². The Morgan fingerprint density at radius 2 is 1.85 bits per heavy atom. The van der Waals surface area contributed by atoms with E-state index in [1.165, 1.54) is 4.80 Å². The third-order valence-electron chi connectivity index (χ3n) is 2.86. The van der Waals surface area contributed by atoms with Gasteiger partial charge in [-0.15, -0.1) is 15.0 Å². The Morgan fingerprint density at radius 3 is 2.60 bits per heavy atom. The Labute approximate surface area is 129 Å². The maximum Gasteiger partial charge on any atom is 0.205 e. The van der Waals surface area contributed by atoms with Crippen LogP contribution in [0.15, 0.2) is 48.5 Å². The third-order valence-corrected chi connectivity index (χ3v) is 3.77. The van der Waals surface area contributed by atoms with Crippen molar-refractivity contribution in [2.45, 2.75) is 5.33 Å². The molecule has 0 bridgehead atoms. The number of para-hydroxylation sites is 1. The van der Waals surface area contributed by atoms with Crippen LogP contribution in [0.1, 0.15) is 5.56 Å². The molecule has 0 unspecified atom stereocenters. The molecule has 0 spiro atoms. The molecule has 100 valence electrons. The smallest absolute Gasteiger partial charge is 0.129 e. The van der Waals surface area contributed by atoms with Gasteiger partial charge in [-0.2, -0.15) is 0 Å². The average Bonchev–Trinajstić information content (AvgIpc) is 2.97. The highest BCUT2D eigenvalue weighted by atomic mass is 79.9. The normalized spacial score (nSPS) is 10.7. The Hall–Kier alpha value is -1.72. The lowest BCUT2D eigenvalue weighted by Crippen LogP contribution is -2.03. The number of hydrogen-bond donors (Lipinski definition) is 0. The molecule has 0 amide bonds. The molecular weight excluding hydrogens is 340 g/mol. The largest absolute Gasteiger partial charge is 0.205 e. The average molecular weight is 350 g/mol. The summed E-state index contributed by atoms with van der Waals surface area (Å²) in [6.07, 6.45) is 0. The van der Waals surface area contributed by atoms with Gasteiger partial charge >= 0.3 is 0 Å². The number of benzene rings is 2. The number of rotatable bonds is 3. The van der Waals surface area contributed by atoms with Crippen LogP contribution < -0.4 is 0 Å². The molecule has 4 nitrogen and oxygen atoms in total. The summed E-state index contributed by atoms with van der Waals surface area (Å²) in [4.78, 5) is 1.47. The van der Waals surface area contributed by atoms with Crippen molar-refractivity contribution in [1.29, 1.82) is 0 Å². The van der Waals surface area contributed by atoms with Crippen LogP contribution in [0.25, 0.3) is 17.1 Å². The number of tetrazole rings is 1. The fourth-order valence-corrected chi connectivity index (χ4v) is 2.63. The third kappa shape index (κ3) is 2.46. The SMILES string of the molecule is Clc1cccc(CBr)c1-n1nnc(-c2ccccc2)n1. The van der Waals surface area contributed by atoms with E-state index in [0.717, 1.165) is 16.8 Å². The number of hydrogen-bond acceptors (Lipinski definition) is 3. The molecule has 1 heterocycles. The van der Waals surface area contributed by atoms with Crippen LogP contribution in [-0.4, -0.2) is 20.2 Å². The standard InChI is InChI=1S/C14H10BrClN4/c15-9-11-7-4-8-12(16)13(11)20-18-14(17-19-20)10-5-2-1-3-6-10/h1-8H,9H2. The molecule has 0 saturated carbocycles. The Bertz CT molecular complexity index is 727. The van der Waals surface area contributed by atoms with Crippen molar-refractivity contribution in [3.05, 3.63) is 59.1 Å². The minimum atomic E-state index is 0.575. The molecule has 0 aliphatic carbocycles. The van der Waals surface area contributed by atoms with Crippen LogP contribution in [0.2, 0.25) is 5.02 Å². The lowest BCUT2D eigenvalue weighted by Gasteiger charge is -2.06. The highest BCUT2D eigenvalue weighted by molar-refractivity contribution is 9.08. The Kier molecular flexibility index (Phi) is 3.80. The Balaban J connectivity index is 2.07. The van der Waals surface area contributed by atoms with Gasteiger partial charge in [0.05, 0.1) is 5.02 Å². The first-order chi connectivity index (χ1) is 9.79. The van der Waals surface area contributed by atoms with E-state index in [2.05, 4.69) is 31.3 Å². The molecule has 0 N–H and O–H groups in total. The number of alkyl halides is 1. The lowest BCUT2D eigenvalue weighted by atomic mass is 10.2. The van der Waals surface area contributed by atoms with E-state index < -0.39 is 0 Å². The zero-order valence-electron chi connectivity index (χ0n) is 10.4. The highest BCUT2D eigenvalue weighted by Crippen LogP contribution is 2.25. The van der Waals surface area contributed by atoms with Gasteiger partial charge in [0, 0.05) is 10.9 Å². The van der Waals surface area contributed by atoms with Crippen molar-refractivity contribution < 1.29 is 0 Å². The highest BCUT2D eigenvalue weighted by Gasteiger charge is 2.13. The van der Waals surface area contributed by atoms with Crippen LogP contribution in [0.3, 0.4) is 0 Å². The number of nitrogens with zero attached hydrogens (tertiary/aromatic N) is 4. The fourth-order valence-electron chi connectivity index (χ4n) is 1.90. The summed E-state index contributed by atoms with van der Waals surface area (Å²) in [6.45, 7) is 0. The van der Waals surface area contributed by atoms with Crippen molar-refractivity contribution in [3.8, 4) is 17.1 Å². The maximum atomic E-state index is 6.25. The molecule has 20 heavy (non-hydrogen) atoms. The van der Waals surface area contributed by atoms with Crippen LogP contribution >= 0.6 is 27.5 Å². The summed E-state index contributed by atoms with van der Waals surface area (Å²) in [5.74, 6) is 0.575. The fraction of sp³-hybridized carbons (Fsp3) is 0.0714. The van der Waals surface area contributed by atoms with E-state index in [0.29, 0.717) is 16.2 Å². The summed E-state index contributed by atoms with van der Waals surface area (Å²) in [6, 6.07) is 15.4. The van der Waals surface area contributed by atoms with Crippen molar-refractivity contribution >= 4 is 27.5 Å². The number of halogens is 2. The monoisotopic (exact) mass is 348 g/mol. The van der Waals surface area contributed by atoms with Gasteiger partial charge in [0.15, 0.2) is 0 Å².